The van der Waals surface area contributed by atoms with Crippen LogP contribution in [-0.4, -0.2) is 31.1 Å². The Morgan fingerprint density at radius 3 is 2.57 bits per heavy atom. The molecule has 0 aliphatic rings. The molecule has 0 heterocycles. The van der Waals surface area contributed by atoms with Crippen LogP contribution in [0.3, 0.4) is 0 Å². The lowest BCUT2D eigenvalue weighted by atomic mass is 9.90. The zero-order chi connectivity index (χ0) is 17.6. The number of hydrogen-bond acceptors (Lipinski definition) is 5. The zero-order valence-electron chi connectivity index (χ0n) is 13.5. The molecule has 0 fully saturated rings. The number of ether oxygens (including phenoxy) is 2. The normalized spacial score (nSPS) is 12.9. The van der Waals surface area contributed by atoms with Crippen LogP contribution in [0.4, 0.5) is 4.39 Å². The van der Waals surface area contributed by atoms with Crippen molar-refractivity contribution < 1.29 is 23.5 Å². The highest BCUT2D eigenvalue weighted by molar-refractivity contribution is 5.91. The highest BCUT2D eigenvalue weighted by Gasteiger charge is 2.30. The van der Waals surface area contributed by atoms with Crippen LogP contribution in [0, 0.1) is 23.1 Å². The molecule has 0 aliphatic carbocycles. The van der Waals surface area contributed by atoms with Crippen molar-refractivity contribution in [1.82, 2.24) is 5.32 Å². The third-order valence-corrected chi connectivity index (χ3v) is 3.52. The van der Waals surface area contributed by atoms with Crippen molar-refractivity contribution in [1.29, 1.82) is 5.26 Å². The third-order valence-electron chi connectivity index (χ3n) is 3.52. The van der Waals surface area contributed by atoms with E-state index in [-0.39, 0.29) is 17.2 Å². The van der Waals surface area contributed by atoms with Gasteiger partial charge < -0.3 is 14.8 Å². The van der Waals surface area contributed by atoms with Gasteiger partial charge in [0.05, 0.1) is 18.7 Å². The number of carbonyl (C=O) groups is 2. The quantitative estimate of drug-likeness (QED) is 0.810. The van der Waals surface area contributed by atoms with E-state index in [2.05, 4.69) is 5.32 Å². The van der Waals surface area contributed by atoms with Gasteiger partial charge >= 0.3 is 5.97 Å². The number of carbonyl (C=O) groups excluding carboxylic acids is 2. The lowest BCUT2D eigenvalue weighted by Crippen LogP contribution is -2.50. The Morgan fingerprint density at radius 1 is 1.43 bits per heavy atom. The molecule has 0 unspecified atom stereocenters. The molecule has 0 spiro atoms. The fourth-order valence-electron chi connectivity index (χ4n) is 1.62. The number of rotatable bonds is 6. The number of benzene rings is 1. The lowest BCUT2D eigenvalue weighted by molar-refractivity contribution is -0.125. The van der Waals surface area contributed by atoms with E-state index >= 15 is 0 Å². The van der Waals surface area contributed by atoms with Crippen LogP contribution >= 0.6 is 0 Å². The molecule has 0 radical (unpaired) electrons. The minimum atomic E-state index is -1.07. The number of hydrogen-bond donors (Lipinski definition) is 1. The van der Waals surface area contributed by atoms with E-state index < -0.39 is 29.8 Å². The summed E-state index contributed by atoms with van der Waals surface area (Å²) in [5.74, 6) is -2.28. The second-order valence-electron chi connectivity index (χ2n) is 5.44. The molecule has 0 saturated heterocycles. The summed E-state index contributed by atoms with van der Waals surface area (Å²) in [6.07, 6.45) is 0. The summed E-state index contributed by atoms with van der Waals surface area (Å²) < 4.78 is 23.3. The Hall–Kier alpha value is -2.62. The predicted octanol–water partition coefficient (Wildman–Crippen LogP) is 2.05. The third kappa shape index (κ3) is 4.68. The Kier molecular flexibility index (Phi) is 6.08. The SMILES string of the molecule is COc1ccc(C(=O)OCC(=O)N[C@](C)(C#N)C(C)C)c(F)c1. The first kappa shape index (κ1) is 18.4. The second kappa shape index (κ2) is 7.58. The van der Waals surface area contributed by atoms with Gasteiger partial charge in [-0.25, -0.2) is 9.18 Å². The van der Waals surface area contributed by atoms with Crippen LogP contribution in [0.1, 0.15) is 31.1 Å². The van der Waals surface area contributed by atoms with E-state index in [1.165, 1.54) is 19.2 Å². The summed E-state index contributed by atoms with van der Waals surface area (Å²) in [7, 11) is 1.37. The van der Waals surface area contributed by atoms with Gasteiger partial charge in [-0.1, -0.05) is 13.8 Å². The van der Waals surface area contributed by atoms with Crippen molar-refractivity contribution in [3.8, 4) is 11.8 Å². The van der Waals surface area contributed by atoms with E-state index in [0.29, 0.717) is 0 Å². The monoisotopic (exact) mass is 322 g/mol. The average Bonchev–Trinajstić information content (AvgIpc) is 2.52. The highest BCUT2D eigenvalue weighted by atomic mass is 19.1. The van der Waals surface area contributed by atoms with Crippen molar-refractivity contribution in [3.05, 3.63) is 29.6 Å². The molecule has 0 aliphatic heterocycles. The molecule has 1 rings (SSSR count). The maximum atomic E-state index is 13.7. The van der Waals surface area contributed by atoms with Gasteiger partial charge in [0.1, 0.15) is 17.1 Å². The second-order valence-corrected chi connectivity index (χ2v) is 5.44. The van der Waals surface area contributed by atoms with Crippen molar-refractivity contribution in [3.63, 3.8) is 0 Å². The number of halogens is 1. The average molecular weight is 322 g/mol. The first-order valence-electron chi connectivity index (χ1n) is 6.96. The molecule has 23 heavy (non-hydrogen) atoms. The molecule has 0 bridgehead atoms. The molecule has 6 nitrogen and oxygen atoms in total. The van der Waals surface area contributed by atoms with E-state index in [9.17, 15) is 14.0 Å². The van der Waals surface area contributed by atoms with E-state index in [1.54, 1.807) is 20.8 Å². The summed E-state index contributed by atoms with van der Waals surface area (Å²) >= 11 is 0. The Bertz CT molecular complexity index is 639. The van der Waals surface area contributed by atoms with Crippen molar-refractivity contribution >= 4 is 11.9 Å². The molecule has 1 amide bonds. The highest BCUT2D eigenvalue weighted by Crippen LogP contribution is 2.17. The van der Waals surface area contributed by atoms with Crippen LogP contribution in [0.2, 0.25) is 0 Å². The minimum Gasteiger partial charge on any atom is -0.497 e. The molecular weight excluding hydrogens is 303 g/mol. The molecule has 0 saturated carbocycles. The molecule has 1 aromatic carbocycles. The van der Waals surface area contributed by atoms with Gasteiger partial charge in [0.25, 0.3) is 5.91 Å². The zero-order valence-corrected chi connectivity index (χ0v) is 13.5. The van der Waals surface area contributed by atoms with Gasteiger partial charge in [0.15, 0.2) is 6.61 Å². The number of methoxy groups -OCH3 is 1. The number of amides is 1. The fraction of sp³-hybridized carbons (Fsp3) is 0.438. The minimum absolute atomic E-state index is 0.133. The van der Waals surface area contributed by atoms with E-state index in [4.69, 9.17) is 14.7 Å². The summed E-state index contributed by atoms with van der Waals surface area (Å²) in [5.41, 5.74) is -1.38. The number of nitrogens with one attached hydrogen (secondary N) is 1. The van der Waals surface area contributed by atoms with E-state index in [1.807, 2.05) is 6.07 Å². The molecular formula is C16H19FN2O4. The van der Waals surface area contributed by atoms with Gasteiger partial charge in [0, 0.05) is 6.07 Å². The smallest absolute Gasteiger partial charge is 0.341 e. The first-order chi connectivity index (χ1) is 10.7. The Labute approximate surface area is 134 Å². The van der Waals surface area contributed by atoms with Crippen LogP contribution in [-0.2, 0) is 9.53 Å². The van der Waals surface area contributed by atoms with Gasteiger partial charge in [-0.15, -0.1) is 0 Å². The van der Waals surface area contributed by atoms with Crippen LogP contribution < -0.4 is 10.1 Å². The molecule has 0 aromatic heterocycles. The van der Waals surface area contributed by atoms with Crippen molar-refractivity contribution in [2.45, 2.75) is 26.3 Å². The summed E-state index contributed by atoms with van der Waals surface area (Å²) in [4.78, 5) is 23.6. The van der Waals surface area contributed by atoms with Gasteiger partial charge in [0.2, 0.25) is 0 Å². The van der Waals surface area contributed by atoms with Gasteiger partial charge in [-0.2, -0.15) is 5.26 Å². The first-order valence-corrected chi connectivity index (χ1v) is 6.96. The Balaban J connectivity index is 2.66. The van der Waals surface area contributed by atoms with Crippen LogP contribution in [0.25, 0.3) is 0 Å². The Morgan fingerprint density at radius 2 is 2.09 bits per heavy atom. The van der Waals surface area contributed by atoms with Gasteiger partial charge in [-0.05, 0) is 25.0 Å². The molecule has 1 N–H and O–H groups in total. The summed E-state index contributed by atoms with van der Waals surface area (Å²) in [6, 6.07) is 5.67. The lowest BCUT2D eigenvalue weighted by Gasteiger charge is -2.27. The number of nitriles is 1. The molecule has 124 valence electrons. The number of esters is 1. The summed E-state index contributed by atoms with van der Waals surface area (Å²) in [6.45, 7) is 4.53. The molecule has 1 aromatic rings. The van der Waals surface area contributed by atoms with Crippen molar-refractivity contribution in [2.24, 2.45) is 5.92 Å². The number of nitrogens with zero attached hydrogens (tertiary/aromatic N) is 1. The van der Waals surface area contributed by atoms with Crippen LogP contribution in [0.5, 0.6) is 5.75 Å². The van der Waals surface area contributed by atoms with Gasteiger partial charge in [-0.3, -0.25) is 4.79 Å². The predicted molar refractivity (Wildman–Crippen MR) is 80.2 cm³/mol. The summed E-state index contributed by atoms with van der Waals surface area (Å²) in [5, 5.41) is 11.6. The largest absolute Gasteiger partial charge is 0.497 e. The maximum absolute atomic E-state index is 13.7. The van der Waals surface area contributed by atoms with Crippen molar-refractivity contribution in [2.75, 3.05) is 13.7 Å². The fourth-order valence-corrected chi connectivity index (χ4v) is 1.62. The topological polar surface area (TPSA) is 88.4 Å². The van der Waals surface area contributed by atoms with Crippen LogP contribution in [0.15, 0.2) is 18.2 Å². The molecule has 1 atom stereocenters. The van der Waals surface area contributed by atoms with E-state index in [0.717, 1.165) is 6.07 Å². The maximum Gasteiger partial charge on any atom is 0.341 e. The standard InChI is InChI=1S/C16H19FN2O4/c1-10(2)16(3,9-18)19-14(20)8-23-15(21)12-6-5-11(22-4)7-13(12)17/h5-7,10H,8H2,1-4H3,(H,19,20)/t16-/m1/s1. The molecule has 7 heteroatoms.